The zero-order valence-corrected chi connectivity index (χ0v) is 13.9. The molecule has 6 heteroatoms. The summed E-state index contributed by atoms with van der Waals surface area (Å²) in [6, 6.07) is 0. The number of likely N-dealkylation sites (tertiary alicyclic amines) is 1. The second-order valence-electron chi connectivity index (χ2n) is 7.18. The molecule has 1 aliphatic carbocycles. The summed E-state index contributed by atoms with van der Waals surface area (Å²) in [5, 5.41) is 7.66. The molecule has 5 nitrogen and oxygen atoms in total. The van der Waals surface area contributed by atoms with Crippen LogP contribution in [0.2, 0.25) is 0 Å². The van der Waals surface area contributed by atoms with Crippen LogP contribution in [0, 0.1) is 11.3 Å². The minimum Gasteiger partial charge on any atom is -0.342 e. The number of rotatable bonds is 2. The molecule has 1 saturated carbocycles. The maximum atomic E-state index is 12.9. The summed E-state index contributed by atoms with van der Waals surface area (Å²) < 4.78 is 1.83. The van der Waals surface area contributed by atoms with Crippen LogP contribution in [0.5, 0.6) is 0 Å². The Bertz CT molecular complexity index is 554. The third-order valence-corrected chi connectivity index (χ3v) is 5.85. The number of aromatic nitrogens is 2. The molecule has 3 aliphatic rings. The number of nitrogens with zero attached hydrogens (tertiary/aromatic N) is 3. The van der Waals surface area contributed by atoms with Gasteiger partial charge in [-0.3, -0.25) is 9.48 Å². The lowest BCUT2D eigenvalue weighted by Crippen LogP contribution is -2.40. The quantitative estimate of drug-likeness (QED) is 0.898. The van der Waals surface area contributed by atoms with E-state index in [9.17, 15) is 4.79 Å². The van der Waals surface area contributed by atoms with Crippen molar-refractivity contribution in [3.05, 3.63) is 18.0 Å². The van der Waals surface area contributed by atoms with Gasteiger partial charge in [0.15, 0.2) is 0 Å². The predicted octanol–water partition coefficient (Wildman–Crippen LogP) is 1.55. The Morgan fingerprint density at radius 1 is 1.36 bits per heavy atom. The summed E-state index contributed by atoms with van der Waals surface area (Å²) >= 11 is 0. The van der Waals surface area contributed by atoms with Crippen molar-refractivity contribution in [2.75, 3.05) is 26.2 Å². The van der Waals surface area contributed by atoms with E-state index in [0.717, 1.165) is 26.2 Å². The van der Waals surface area contributed by atoms with Crippen LogP contribution in [-0.4, -0.2) is 46.8 Å². The second-order valence-corrected chi connectivity index (χ2v) is 7.18. The fraction of sp³-hybridized carbons (Fsp3) is 0.750. The molecule has 2 saturated heterocycles. The van der Waals surface area contributed by atoms with Crippen molar-refractivity contribution in [1.29, 1.82) is 0 Å². The molecule has 4 rings (SSSR count). The van der Waals surface area contributed by atoms with Crippen molar-refractivity contribution in [1.82, 2.24) is 20.0 Å². The Morgan fingerprint density at radius 2 is 2.18 bits per heavy atom. The highest BCUT2D eigenvalue weighted by Crippen LogP contribution is 2.48. The zero-order valence-electron chi connectivity index (χ0n) is 13.1. The average molecular weight is 325 g/mol. The number of carbonyl (C=O) groups is 1. The molecule has 3 heterocycles. The van der Waals surface area contributed by atoms with Crippen LogP contribution in [0.4, 0.5) is 0 Å². The Hall–Kier alpha value is -1.07. The monoisotopic (exact) mass is 324 g/mol. The Kier molecular flexibility index (Phi) is 4.21. The van der Waals surface area contributed by atoms with E-state index in [-0.39, 0.29) is 24.2 Å². The van der Waals surface area contributed by atoms with Crippen molar-refractivity contribution in [2.45, 2.75) is 31.6 Å². The molecule has 22 heavy (non-hydrogen) atoms. The van der Waals surface area contributed by atoms with Gasteiger partial charge in [0.1, 0.15) is 0 Å². The Labute approximate surface area is 137 Å². The summed E-state index contributed by atoms with van der Waals surface area (Å²) in [4.78, 5) is 15.1. The van der Waals surface area contributed by atoms with Gasteiger partial charge in [0.25, 0.3) is 0 Å². The molecule has 0 bridgehead atoms. The third kappa shape index (κ3) is 2.54. The number of nitrogens with one attached hydrogen (secondary N) is 1. The van der Waals surface area contributed by atoms with E-state index in [2.05, 4.69) is 21.5 Å². The Morgan fingerprint density at radius 3 is 2.77 bits per heavy atom. The number of hydrogen-bond donors (Lipinski definition) is 1. The molecular formula is C16H25ClN4O. The van der Waals surface area contributed by atoms with E-state index in [4.69, 9.17) is 0 Å². The third-order valence-electron chi connectivity index (χ3n) is 5.85. The van der Waals surface area contributed by atoms with Gasteiger partial charge in [-0.1, -0.05) is 6.42 Å². The lowest BCUT2D eigenvalue weighted by atomic mass is 9.68. The molecule has 0 unspecified atom stereocenters. The van der Waals surface area contributed by atoms with Gasteiger partial charge in [-0.05, 0) is 30.2 Å². The summed E-state index contributed by atoms with van der Waals surface area (Å²) in [5.41, 5.74) is 1.68. The van der Waals surface area contributed by atoms with Crippen molar-refractivity contribution < 1.29 is 4.79 Å². The van der Waals surface area contributed by atoms with Crippen molar-refractivity contribution in [3.63, 3.8) is 0 Å². The van der Waals surface area contributed by atoms with Gasteiger partial charge in [0.2, 0.25) is 5.91 Å². The topological polar surface area (TPSA) is 50.2 Å². The maximum Gasteiger partial charge on any atom is 0.227 e. The SMILES string of the molecule is Cl.Cn1cc([C@H]2CNC[C@@H]2C(=O)N2CCC3(CCC3)C2)cn1. The smallest absolute Gasteiger partial charge is 0.227 e. The number of carbonyl (C=O) groups excluding carboxylic acids is 1. The van der Waals surface area contributed by atoms with E-state index < -0.39 is 0 Å². The molecule has 0 aromatic carbocycles. The lowest BCUT2D eigenvalue weighted by Gasteiger charge is -2.38. The minimum absolute atomic E-state index is 0. The largest absolute Gasteiger partial charge is 0.342 e. The summed E-state index contributed by atoms with van der Waals surface area (Å²) in [6.07, 6.45) is 9.18. The fourth-order valence-corrected chi connectivity index (χ4v) is 4.36. The number of amides is 1. The Balaban J connectivity index is 0.00000144. The number of hydrogen-bond acceptors (Lipinski definition) is 3. The van der Waals surface area contributed by atoms with Crippen molar-refractivity contribution >= 4 is 18.3 Å². The molecule has 1 aromatic heterocycles. The van der Waals surface area contributed by atoms with Crippen LogP contribution in [-0.2, 0) is 11.8 Å². The standard InChI is InChI=1S/C16H24N4O.ClH/c1-19-10-12(7-18-19)13-8-17-9-14(13)15(21)20-6-5-16(11-20)3-2-4-16;/h7,10,13-14,17H,2-6,8-9,11H2,1H3;1H/t13-,14+;/m1./s1. The van der Waals surface area contributed by atoms with Crippen molar-refractivity contribution in [2.24, 2.45) is 18.4 Å². The van der Waals surface area contributed by atoms with Gasteiger partial charge in [-0.15, -0.1) is 12.4 Å². The normalized spacial score (nSPS) is 29.4. The molecule has 0 radical (unpaired) electrons. The van der Waals surface area contributed by atoms with Gasteiger partial charge in [0.05, 0.1) is 12.1 Å². The molecule has 2 atom stereocenters. The van der Waals surface area contributed by atoms with Gasteiger partial charge < -0.3 is 10.2 Å². The molecule has 3 fully saturated rings. The van der Waals surface area contributed by atoms with Crippen LogP contribution in [0.25, 0.3) is 0 Å². The molecule has 122 valence electrons. The highest BCUT2D eigenvalue weighted by molar-refractivity contribution is 5.85. The molecule has 1 spiro atoms. The molecule has 1 amide bonds. The lowest BCUT2D eigenvalue weighted by molar-refractivity contribution is -0.135. The average Bonchev–Trinajstić information content (AvgIpc) is 3.15. The molecule has 1 N–H and O–H groups in total. The van der Waals surface area contributed by atoms with Crippen molar-refractivity contribution in [3.8, 4) is 0 Å². The number of halogens is 1. The van der Waals surface area contributed by atoms with E-state index in [1.54, 1.807) is 0 Å². The van der Waals surface area contributed by atoms with Gasteiger partial charge in [0, 0.05) is 45.3 Å². The molecule has 2 aliphatic heterocycles. The second kappa shape index (κ2) is 5.85. The van der Waals surface area contributed by atoms with E-state index in [1.165, 1.54) is 31.2 Å². The maximum absolute atomic E-state index is 12.9. The first-order valence-corrected chi connectivity index (χ1v) is 8.15. The summed E-state index contributed by atoms with van der Waals surface area (Å²) in [5.74, 6) is 0.728. The minimum atomic E-state index is 0. The first-order valence-electron chi connectivity index (χ1n) is 8.15. The van der Waals surface area contributed by atoms with Gasteiger partial charge >= 0.3 is 0 Å². The summed E-state index contributed by atoms with van der Waals surface area (Å²) in [6.45, 7) is 3.67. The van der Waals surface area contributed by atoms with E-state index in [1.807, 2.05) is 17.9 Å². The molecule has 1 aromatic rings. The van der Waals surface area contributed by atoms with Crippen LogP contribution >= 0.6 is 12.4 Å². The highest BCUT2D eigenvalue weighted by atomic mass is 35.5. The van der Waals surface area contributed by atoms with Crippen LogP contribution < -0.4 is 5.32 Å². The fourth-order valence-electron chi connectivity index (χ4n) is 4.36. The first kappa shape index (κ1) is 15.8. The van der Waals surface area contributed by atoms with Crippen LogP contribution in [0.1, 0.15) is 37.2 Å². The van der Waals surface area contributed by atoms with Crippen LogP contribution in [0.15, 0.2) is 12.4 Å². The predicted molar refractivity (Wildman–Crippen MR) is 87.0 cm³/mol. The van der Waals surface area contributed by atoms with E-state index in [0.29, 0.717) is 11.3 Å². The van der Waals surface area contributed by atoms with Gasteiger partial charge in [-0.2, -0.15) is 5.10 Å². The summed E-state index contributed by atoms with van der Waals surface area (Å²) in [7, 11) is 1.93. The number of aryl methyl sites for hydroxylation is 1. The van der Waals surface area contributed by atoms with Gasteiger partial charge in [-0.25, -0.2) is 0 Å². The zero-order chi connectivity index (χ0) is 14.4. The van der Waals surface area contributed by atoms with Crippen LogP contribution in [0.3, 0.4) is 0 Å². The highest BCUT2D eigenvalue weighted by Gasteiger charge is 2.46. The first-order chi connectivity index (χ1) is 10.2. The molecular weight excluding hydrogens is 300 g/mol. The van der Waals surface area contributed by atoms with E-state index >= 15 is 0 Å².